The lowest BCUT2D eigenvalue weighted by Crippen LogP contribution is -2.50. The van der Waals surface area contributed by atoms with Crippen molar-refractivity contribution in [2.45, 2.75) is 32.7 Å². The third-order valence-corrected chi connectivity index (χ3v) is 4.68. The van der Waals surface area contributed by atoms with Gasteiger partial charge in [0.1, 0.15) is 0 Å². The van der Waals surface area contributed by atoms with Crippen LogP contribution in [0.5, 0.6) is 0 Å². The molecule has 1 aromatic carbocycles. The standard InChI is InChI=1S/C18H27ClN2O2/c1-14(2)6-7-18(23)21-10-8-20(9-11-21)17(13-22)15-4-3-5-16(19)12-15/h3-5,12,14,17,22H,6-11,13H2,1-2H3/t17-/m0/s1. The van der Waals surface area contributed by atoms with E-state index in [1.807, 2.05) is 29.2 Å². The quantitative estimate of drug-likeness (QED) is 0.867. The fourth-order valence-electron chi connectivity index (χ4n) is 3.00. The first-order valence-corrected chi connectivity index (χ1v) is 8.77. The highest BCUT2D eigenvalue weighted by Gasteiger charge is 2.26. The molecule has 1 aliphatic heterocycles. The summed E-state index contributed by atoms with van der Waals surface area (Å²) < 4.78 is 0. The zero-order chi connectivity index (χ0) is 16.8. The van der Waals surface area contributed by atoms with E-state index in [-0.39, 0.29) is 18.6 Å². The molecule has 1 amide bonds. The largest absolute Gasteiger partial charge is 0.394 e. The van der Waals surface area contributed by atoms with Crippen LogP contribution in [0, 0.1) is 5.92 Å². The summed E-state index contributed by atoms with van der Waals surface area (Å²) >= 11 is 6.06. The van der Waals surface area contributed by atoms with Crippen LogP contribution in [0.2, 0.25) is 5.02 Å². The van der Waals surface area contributed by atoms with Gasteiger partial charge >= 0.3 is 0 Å². The maximum atomic E-state index is 12.2. The number of carbonyl (C=O) groups is 1. The Kier molecular flexibility index (Phi) is 6.88. The summed E-state index contributed by atoms with van der Waals surface area (Å²) in [5.74, 6) is 0.809. The second kappa shape index (κ2) is 8.67. The molecular weight excluding hydrogens is 312 g/mol. The lowest BCUT2D eigenvalue weighted by Gasteiger charge is -2.39. The fourth-order valence-corrected chi connectivity index (χ4v) is 3.20. The van der Waals surface area contributed by atoms with Crippen molar-refractivity contribution in [1.29, 1.82) is 0 Å². The molecule has 5 heteroatoms. The molecule has 4 nitrogen and oxygen atoms in total. The summed E-state index contributed by atoms with van der Waals surface area (Å²) in [6, 6.07) is 7.59. The molecular formula is C18H27ClN2O2. The molecule has 0 bridgehead atoms. The number of carbonyl (C=O) groups excluding carboxylic acids is 1. The number of hydrogen-bond donors (Lipinski definition) is 1. The number of aliphatic hydroxyl groups excluding tert-OH is 1. The van der Waals surface area contributed by atoms with Crippen molar-refractivity contribution in [3.8, 4) is 0 Å². The Morgan fingerprint density at radius 2 is 1.96 bits per heavy atom. The summed E-state index contributed by atoms with van der Waals surface area (Å²) in [5.41, 5.74) is 1.03. The number of nitrogens with zero attached hydrogens (tertiary/aromatic N) is 2. The predicted octanol–water partition coefficient (Wildman–Crippen LogP) is 2.95. The van der Waals surface area contributed by atoms with Gasteiger partial charge in [0.25, 0.3) is 0 Å². The minimum Gasteiger partial charge on any atom is -0.394 e. The number of benzene rings is 1. The van der Waals surface area contributed by atoms with E-state index in [2.05, 4.69) is 18.7 Å². The highest BCUT2D eigenvalue weighted by Crippen LogP contribution is 2.24. The molecule has 0 spiro atoms. The van der Waals surface area contributed by atoms with Crippen molar-refractivity contribution < 1.29 is 9.90 Å². The Hall–Kier alpha value is -1.10. The van der Waals surface area contributed by atoms with Crippen molar-refractivity contribution in [2.75, 3.05) is 32.8 Å². The molecule has 1 N–H and O–H groups in total. The summed E-state index contributed by atoms with van der Waals surface area (Å²) in [4.78, 5) is 16.4. The lowest BCUT2D eigenvalue weighted by molar-refractivity contribution is -0.133. The topological polar surface area (TPSA) is 43.8 Å². The van der Waals surface area contributed by atoms with Crippen LogP contribution in [-0.4, -0.2) is 53.6 Å². The minimum absolute atomic E-state index is 0.0541. The summed E-state index contributed by atoms with van der Waals surface area (Å²) in [6.45, 7) is 7.37. The first-order chi connectivity index (χ1) is 11.0. The average molecular weight is 339 g/mol. The Labute approximate surface area is 144 Å². The molecule has 0 unspecified atom stereocenters. The number of rotatable bonds is 6. The van der Waals surface area contributed by atoms with Crippen LogP contribution in [0.25, 0.3) is 0 Å². The Balaban J connectivity index is 1.91. The molecule has 0 aliphatic carbocycles. The molecule has 1 fully saturated rings. The second-order valence-electron chi connectivity index (χ2n) is 6.60. The molecule has 0 aromatic heterocycles. The Bertz CT molecular complexity index is 513. The van der Waals surface area contributed by atoms with E-state index in [0.717, 1.165) is 38.2 Å². The molecule has 1 aliphatic rings. The van der Waals surface area contributed by atoms with Crippen molar-refractivity contribution in [2.24, 2.45) is 5.92 Å². The van der Waals surface area contributed by atoms with Gasteiger partial charge < -0.3 is 10.0 Å². The van der Waals surface area contributed by atoms with Gasteiger partial charge in [-0.25, -0.2) is 0 Å². The second-order valence-corrected chi connectivity index (χ2v) is 7.04. The first kappa shape index (κ1) is 18.2. The summed E-state index contributed by atoms with van der Waals surface area (Å²) in [7, 11) is 0. The van der Waals surface area contributed by atoms with Gasteiger partial charge in [-0.05, 0) is 30.0 Å². The van der Waals surface area contributed by atoms with E-state index >= 15 is 0 Å². The van der Waals surface area contributed by atoms with Crippen LogP contribution in [0.15, 0.2) is 24.3 Å². The van der Waals surface area contributed by atoms with Crippen LogP contribution in [-0.2, 0) is 4.79 Å². The van der Waals surface area contributed by atoms with Gasteiger partial charge in [-0.15, -0.1) is 0 Å². The molecule has 1 heterocycles. The number of hydrogen-bond acceptors (Lipinski definition) is 3. The maximum Gasteiger partial charge on any atom is 0.222 e. The van der Waals surface area contributed by atoms with Crippen LogP contribution in [0.3, 0.4) is 0 Å². The van der Waals surface area contributed by atoms with Gasteiger partial charge in [0.2, 0.25) is 5.91 Å². The molecule has 2 rings (SSSR count). The van der Waals surface area contributed by atoms with Gasteiger partial charge in [-0.3, -0.25) is 9.69 Å². The third kappa shape index (κ3) is 5.20. The first-order valence-electron chi connectivity index (χ1n) is 8.39. The van der Waals surface area contributed by atoms with Gasteiger partial charge in [-0.1, -0.05) is 37.6 Å². The zero-order valence-electron chi connectivity index (χ0n) is 14.0. The van der Waals surface area contributed by atoms with Crippen molar-refractivity contribution in [1.82, 2.24) is 9.80 Å². The van der Waals surface area contributed by atoms with Gasteiger partial charge in [-0.2, -0.15) is 0 Å². The van der Waals surface area contributed by atoms with Crippen LogP contribution in [0.4, 0.5) is 0 Å². The van der Waals surface area contributed by atoms with Gasteiger partial charge in [0.05, 0.1) is 12.6 Å². The Morgan fingerprint density at radius 3 is 2.52 bits per heavy atom. The van der Waals surface area contributed by atoms with Crippen LogP contribution in [0.1, 0.15) is 38.3 Å². The predicted molar refractivity (Wildman–Crippen MR) is 93.5 cm³/mol. The molecule has 128 valence electrons. The average Bonchev–Trinajstić information content (AvgIpc) is 2.54. The molecule has 0 radical (unpaired) electrons. The SMILES string of the molecule is CC(C)CCC(=O)N1CCN([C@@H](CO)c2cccc(Cl)c2)CC1. The van der Waals surface area contributed by atoms with E-state index in [0.29, 0.717) is 17.4 Å². The van der Waals surface area contributed by atoms with Crippen molar-refractivity contribution in [3.05, 3.63) is 34.9 Å². The number of halogens is 1. The maximum absolute atomic E-state index is 12.2. The molecule has 0 saturated carbocycles. The normalized spacial score (nSPS) is 17.5. The van der Waals surface area contributed by atoms with Gasteiger partial charge in [0.15, 0.2) is 0 Å². The van der Waals surface area contributed by atoms with Crippen LogP contribution < -0.4 is 0 Å². The van der Waals surface area contributed by atoms with Crippen molar-refractivity contribution in [3.63, 3.8) is 0 Å². The smallest absolute Gasteiger partial charge is 0.222 e. The monoisotopic (exact) mass is 338 g/mol. The number of piperazine rings is 1. The van der Waals surface area contributed by atoms with Crippen LogP contribution >= 0.6 is 11.6 Å². The molecule has 1 atom stereocenters. The lowest BCUT2D eigenvalue weighted by atomic mass is 10.0. The Morgan fingerprint density at radius 1 is 1.26 bits per heavy atom. The highest BCUT2D eigenvalue weighted by atomic mass is 35.5. The summed E-state index contributed by atoms with van der Waals surface area (Å²) in [6.07, 6.45) is 1.58. The fraction of sp³-hybridized carbons (Fsp3) is 0.611. The van der Waals surface area contributed by atoms with E-state index < -0.39 is 0 Å². The number of aliphatic hydroxyl groups is 1. The van der Waals surface area contributed by atoms with E-state index in [9.17, 15) is 9.90 Å². The van der Waals surface area contributed by atoms with Gasteiger partial charge in [0, 0.05) is 37.6 Å². The highest BCUT2D eigenvalue weighted by molar-refractivity contribution is 6.30. The zero-order valence-corrected chi connectivity index (χ0v) is 14.8. The summed E-state index contributed by atoms with van der Waals surface area (Å²) in [5, 5.41) is 10.5. The molecule has 23 heavy (non-hydrogen) atoms. The molecule has 1 saturated heterocycles. The minimum atomic E-state index is -0.0541. The third-order valence-electron chi connectivity index (χ3n) is 4.45. The van der Waals surface area contributed by atoms with E-state index in [4.69, 9.17) is 11.6 Å². The van der Waals surface area contributed by atoms with Crippen molar-refractivity contribution >= 4 is 17.5 Å². The van der Waals surface area contributed by atoms with E-state index in [1.54, 1.807) is 0 Å². The molecule has 1 aromatic rings. The number of amides is 1. The van der Waals surface area contributed by atoms with E-state index in [1.165, 1.54) is 0 Å².